The third kappa shape index (κ3) is 11.0. The van der Waals surface area contributed by atoms with Crippen LogP contribution in [0.15, 0.2) is 4.99 Å². The highest BCUT2D eigenvalue weighted by atomic mass is 127. The molecule has 1 rings (SSSR count). The number of guanidine groups is 1. The van der Waals surface area contributed by atoms with Crippen LogP contribution >= 0.6 is 35.7 Å². The second-order valence-corrected chi connectivity index (χ2v) is 5.69. The molecule has 1 heterocycles. The lowest BCUT2D eigenvalue weighted by Crippen LogP contribution is -2.37. The first kappa shape index (κ1) is 20.3. The van der Waals surface area contributed by atoms with Crippen LogP contribution in [0.5, 0.6) is 0 Å². The summed E-state index contributed by atoms with van der Waals surface area (Å²) in [7, 11) is 0. The Morgan fingerprint density at radius 3 is 2.75 bits per heavy atom. The van der Waals surface area contributed by atoms with Gasteiger partial charge in [0.15, 0.2) is 5.96 Å². The second-order valence-electron chi connectivity index (χ2n) is 4.70. The first-order valence-corrected chi connectivity index (χ1v) is 8.55. The first-order valence-electron chi connectivity index (χ1n) is 7.16. The Morgan fingerprint density at radius 1 is 1.30 bits per heavy atom. The van der Waals surface area contributed by atoms with Crippen LogP contribution in [0.4, 0.5) is 0 Å². The van der Waals surface area contributed by atoms with Crippen LogP contribution in [0.25, 0.3) is 0 Å². The zero-order valence-electron chi connectivity index (χ0n) is 12.5. The largest absolute Gasteiger partial charge is 0.379 e. The molecule has 3 N–H and O–H groups in total. The average molecular weight is 416 g/mol. The van der Waals surface area contributed by atoms with Crippen molar-refractivity contribution < 1.29 is 4.74 Å². The maximum atomic E-state index is 5.81. The molecule has 0 saturated carbocycles. The molecule has 120 valence electrons. The van der Waals surface area contributed by atoms with Gasteiger partial charge in [-0.25, -0.2) is 0 Å². The summed E-state index contributed by atoms with van der Waals surface area (Å²) in [5.74, 6) is 1.81. The fourth-order valence-electron chi connectivity index (χ4n) is 1.96. The maximum Gasteiger partial charge on any atom is 0.188 e. The van der Waals surface area contributed by atoms with Gasteiger partial charge < -0.3 is 15.8 Å². The third-order valence-electron chi connectivity index (χ3n) is 3.10. The highest BCUT2D eigenvalue weighted by molar-refractivity contribution is 14.0. The van der Waals surface area contributed by atoms with Gasteiger partial charge in [0.1, 0.15) is 0 Å². The van der Waals surface area contributed by atoms with Crippen LogP contribution < -0.4 is 11.1 Å². The van der Waals surface area contributed by atoms with E-state index in [4.69, 9.17) is 10.5 Å². The molecular formula is C13H29IN4OS. The minimum Gasteiger partial charge on any atom is -0.379 e. The molecule has 0 bridgehead atoms. The summed E-state index contributed by atoms with van der Waals surface area (Å²) in [5, 5.41) is 3.16. The lowest BCUT2D eigenvalue weighted by Gasteiger charge is -2.26. The molecule has 1 fully saturated rings. The van der Waals surface area contributed by atoms with Crippen molar-refractivity contribution in [1.29, 1.82) is 0 Å². The van der Waals surface area contributed by atoms with Gasteiger partial charge in [-0.15, -0.1) is 24.0 Å². The number of ether oxygens (including phenoxy) is 1. The fraction of sp³-hybridized carbons (Fsp3) is 0.923. The molecule has 7 heteroatoms. The zero-order valence-corrected chi connectivity index (χ0v) is 15.6. The summed E-state index contributed by atoms with van der Waals surface area (Å²) in [6.45, 7) is 6.65. The standard InChI is InChI=1S/C13H28N4OS.HI/c1-19-12-3-2-5-15-13(14)16-6-4-7-17-8-10-18-11-9-17;/h2-12H2,1H3,(H3,14,15,16);1H. The molecule has 0 aliphatic carbocycles. The van der Waals surface area contributed by atoms with E-state index in [0.717, 1.165) is 58.8 Å². The number of thioether (sulfide) groups is 1. The van der Waals surface area contributed by atoms with Crippen molar-refractivity contribution in [3.63, 3.8) is 0 Å². The molecule has 0 radical (unpaired) electrons. The predicted octanol–water partition coefficient (Wildman–Crippen LogP) is 1.37. The summed E-state index contributed by atoms with van der Waals surface area (Å²) in [4.78, 5) is 6.77. The van der Waals surface area contributed by atoms with Crippen molar-refractivity contribution in [2.75, 3.05) is 57.9 Å². The van der Waals surface area contributed by atoms with Crippen LogP contribution in [0.2, 0.25) is 0 Å². The highest BCUT2D eigenvalue weighted by Gasteiger charge is 2.08. The molecular weight excluding hydrogens is 387 g/mol. The van der Waals surface area contributed by atoms with Gasteiger partial charge >= 0.3 is 0 Å². The quantitative estimate of drug-likeness (QED) is 0.257. The smallest absolute Gasteiger partial charge is 0.188 e. The molecule has 0 unspecified atom stereocenters. The van der Waals surface area contributed by atoms with Gasteiger partial charge in [0.2, 0.25) is 0 Å². The normalized spacial score (nSPS) is 16.8. The van der Waals surface area contributed by atoms with E-state index < -0.39 is 0 Å². The van der Waals surface area contributed by atoms with Crippen molar-refractivity contribution >= 4 is 41.7 Å². The molecule has 0 aromatic rings. The van der Waals surface area contributed by atoms with Crippen molar-refractivity contribution in [3.05, 3.63) is 0 Å². The first-order chi connectivity index (χ1) is 9.33. The van der Waals surface area contributed by atoms with Crippen LogP contribution in [-0.4, -0.2) is 68.8 Å². The number of unbranched alkanes of at least 4 members (excludes halogenated alkanes) is 1. The topological polar surface area (TPSA) is 62.9 Å². The summed E-state index contributed by atoms with van der Waals surface area (Å²) < 4.78 is 5.32. The monoisotopic (exact) mass is 416 g/mol. The fourth-order valence-corrected chi connectivity index (χ4v) is 2.46. The van der Waals surface area contributed by atoms with Gasteiger partial charge in [0, 0.05) is 32.7 Å². The Labute approximate surface area is 144 Å². The molecule has 5 nitrogen and oxygen atoms in total. The number of halogens is 1. The molecule has 0 aromatic heterocycles. The summed E-state index contributed by atoms with van der Waals surface area (Å²) >= 11 is 1.89. The molecule has 0 amide bonds. The zero-order chi connectivity index (χ0) is 13.8. The maximum absolute atomic E-state index is 5.81. The van der Waals surface area contributed by atoms with E-state index in [2.05, 4.69) is 21.5 Å². The van der Waals surface area contributed by atoms with E-state index in [1.807, 2.05) is 11.8 Å². The van der Waals surface area contributed by atoms with Crippen molar-refractivity contribution in [1.82, 2.24) is 10.2 Å². The number of nitrogens with zero attached hydrogens (tertiary/aromatic N) is 2. The molecule has 20 heavy (non-hydrogen) atoms. The molecule has 1 saturated heterocycles. The van der Waals surface area contributed by atoms with E-state index in [-0.39, 0.29) is 24.0 Å². The van der Waals surface area contributed by atoms with Crippen LogP contribution in [0.3, 0.4) is 0 Å². The number of nitrogens with two attached hydrogens (primary N) is 1. The van der Waals surface area contributed by atoms with E-state index in [9.17, 15) is 0 Å². The molecule has 0 spiro atoms. The highest BCUT2D eigenvalue weighted by Crippen LogP contribution is 1.98. The van der Waals surface area contributed by atoms with Crippen LogP contribution in [0.1, 0.15) is 19.3 Å². The lowest BCUT2D eigenvalue weighted by molar-refractivity contribution is 0.0377. The second kappa shape index (κ2) is 14.2. The SMILES string of the molecule is CSCCCCNC(N)=NCCCN1CCOCC1.I. The Balaban J connectivity index is 0.00000361. The Morgan fingerprint density at radius 2 is 2.05 bits per heavy atom. The lowest BCUT2D eigenvalue weighted by atomic mass is 10.3. The third-order valence-corrected chi connectivity index (χ3v) is 3.80. The van der Waals surface area contributed by atoms with Gasteiger partial charge in [0.05, 0.1) is 13.2 Å². The Bertz CT molecular complexity index is 251. The molecule has 0 atom stereocenters. The van der Waals surface area contributed by atoms with E-state index in [1.165, 1.54) is 12.2 Å². The van der Waals surface area contributed by atoms with Gasteiger partial charge in [0.25, 0.3) is 0 Å². The van der Waals surface area contributed by atoms with Gasteiger partial charge in [-0.3, -0.25) is 9.89 Å². The number of nitrogens with one attached hydrogen (secondary N) is 1. The Kier molecular flexibility index (Phi) is 14.4. The van der Waals surface area contributed by atoms with Crippen molar-refractivity contribution in [2.24, 2.45) is 10.7 Å². The van der Waals surface area contributed by atoms with E-state index in [1.54, 1.807) is 0 Å². The van der Waals surface area contributed by atoms with Gasteiger partial charge in [-0.1, -0.05) is 0 Å². The van der Waals surface area contributed by atoms with Gasteiger partial charge in [-0.2, -0.15) is 11.8 Å². The summed E-state index contributed by atoms with van der Waals surface area (Å²) in [5.41, 5.74) is 5.81. The number of hydrogen-bond donors (Lipinski definition) is 2. The average Bonchev–Trinajstić information content (AvgIpc) is 2.44. The minimum absolute atomic E-state index is 0. The number of aliphatic imine (C=N–C) groups is 1. The summed E-state index contributed by atoms with van der Waals surface area (Å²) in [6.07, 6.45) is 5.59. The van der Waals surface area contributed by atoms with E-state index in [0.29, 0.717) is 5.96 Å². The number of hydrogen-bond acceptors (Lipinski definition) is 4. The van der Waals surface area contributed by atoms with Gasteiger partial charge in [-0.05, 0) is 31.3 Å². The Hall–Kier alpha value is 0.270. The minimum atomic E-state index is 0. The summed E-state index contributed by atoms with van der Waals surface area (Å²) in [6, 6.07) is 0. The van der Waals surface area contributed by atoms with Crippen molar-refractivity contribution in [2.45, 2.75) is 19.3 Å². The molecule has 1 aliphatic heterocycles. The number of rotatable bonds is 9. The van der Waals surface area contributed by atoms with Crippen LogP contribution in [-0.2, 0) is 4.74 Å². The van der Waals surface area contributed by atoms with Crippen LogP contribution in [0, 0.1) is 0 Å². The van der Waals surface area contributed by atoms with E-state index >= 15 is 0 Å². The molecule has 1 aliphatic rings. The predicted molar refractivity (Wildman–Crippen MR) is 99.4 cm³/mol. The number of morpholine rings is 1. The molecule has 0 aromatic carbocycles. The van der Waals surface area contributed by atoms with Crippen molar-refractivity contribution in [3.8, 4) is 0 Å².